The summed E-state index contributed by atoms with van der Waals surface area (Å²) >= 11 is 0. The zero-order valence-corrected chi connectivity index (χ0v) is 17.3. The van der Waals surface area contributed by atoms with E-state index in [9.17, 15) is 0 Å². The van der Waals surface area contributed by atoms with E-state index < -0.39 is 0 Å². The van der Waals surface area contributed by atoms with E-state index in [0.717, 1.165) is 50.1 Å². The van der Waals surface area contributed by atoms with Crippen molar-refractivity contribution in [1.29, 1.82) is 0 Å². The number of nitrogens with zero attached hydrogens (tertiary/aromatic N) is 2. The van der Waals surface area contributed by atoms with E-state index in [1.165, 1.54) is 11.1 Å². The van der Waals surface area contributed by atoms with Gasteiger partial charge in [-0.05, 0) is 36.6 Å². The van der Waals surface area contributed by atoms with E-state index in [1.807, 2.05) is 14.0 Å². The maximum atomic E-state index is 5.41. The Labute approximate surface area is 161 Å². The monoisotopic (exact) mass is 449 g/mol. The van der Waals surface area contributed by atoms with Crippen molar-refractivity contribution < 1.29 is 14.2 Å². The molecule has 0 aliphatic carbocycles. The van der Waals surface area contributed by atoms with Crippen molar-refractivity contribution in [3.8, 4) is 11.5 Å². The Balaban J connectivity index is 0.00000288. The maximum absolute atomic E-state index is 5.41. The summed E-state index contributed by atoms with van der Waals surface area (Å²) in [6.07, 6.45) is 0.960. The van der Waals surface area contributed by atoms with Gasteiger partial charge in [0.25, 0.3) is 0 Å². The molecule has 24 heavy (non-hydrogen) atoms. The molecule has 0 fully saturated rings. The van der Waals surface area contributed by atoms with Gasteiger partial charge in [0, 0.05) is 33.3 Å². The van der Waals surface area contributed by atoms with E-state index >= 15 is 0 Å². The van der Waals surface area contributed by atoms with Gasteiger partial charge in [0.05, 0.1) is 20.8 Å². The molecule has 0 atom stereocenters. The fraction of sp³-hybridized carbons (Fsp3) is 0.588. The highest BCUT2D eigenvalue weighted by atomic mass is 127. The molecule has 0 bridgehead atoms. The Morgan fingerprint density at radius 1 is 1.21 bits per heavy atom. The van der Waals surface area contributed by atoms with Crippen LogP contribution < -0.4 is 14.8 Å². The quantitative estimate of drug-likeness (QED) is 0.313. The highest BCUT2D eigenvalue weighted by Crippen LogP contribution is 2.33. The van der Waals surface area contributed by atoms with Crippen molar-refractivity contribution in [3.05, 3.63) is 23.3 Å². The molecule has 0 aromatic heterocycles. The molecule has 0 amide bonds. The van der Waals surface area contributed by atoms with Gasteiger partial charge in [-0.3, -0.25) is 4.99 Å². The summed E-state index contributed by atoms with van der Waals surface area (Å²) in [5.41, 5.74) is 2.56. The van der Waals surface area contributed by atoms with E-state index in [0.29, 0.717) is 6.61 Å². The van der Waals surface area contributed by atoms with Crippen LogP contribution in [0.15, 0.2) is 17.1 Å². The number of fused-ring (bicyclic) bond motifs is 1. The first-order valence-corrected chi connectivity index (χ1v) is 8.00. The average Bonchev–Trinajstić information content (AvgIpc) is 2.60. The average molecular weight is 449 g/mol. The Kier molecular flexibility index (Phi) is 9.20. The number of benzene rings is 1. The van der Waals surface area contributed by atoms with Gasteiger partial charge in [-0.1, -0.05) is 0 Å². The smallest absolute Gasteiger partial charge is 0.194 e. The predicted molar refractivity (Wildman–Crippen MR) is 107 cm³/mol. The standard InChI is InChI=1S/C17H27N3O3.HI/c1-5-23-9-7-19-17(18-2)20-8-6-13-10-15(21-3)16(22-4)11-14(13)12-20;/h10-11H,5-9,12H2,1-4H3,(H,18,19);1H. The normalized spacial score (nSPS) is 13.8. The van der Waals surface area contributed by atoms with Crippen LogP contribution in [0, 0.1) is 0 Å². The molecular weight excluding hydrogens is 421 g/mol. The van der Waals surface area contributed by atoms with Crippen LogP contribution >= 0.6 is 24.0 Å². The molecule has 0 saturated heterocycles. The lowest BCUT2D eigenvalue weighted by Gasteiger charge is -2.32. The first kappa shape index (κ1) is 20.8. The summed E-state index contributed by atoms with van der Waals surface area (Å²) in [4.78, 5) is 6.63. The summed E-state index contributed by atoms with van der Waals surface area (Å²) in [5, 5.41) is 3.35. The molecule has 7 heteroatoms. The lowest BCUT2D eigenvalue weighted by Crippen LogP contribution is -2.45. The summed E-state index contributed by atoms with van der Waals surface area (Å²) in [7, 11) is 5.15. The van der Waals surface area contributed by atoms with E-state index in [1.54, 1.807) is 14.2 Å². The van der Waals surface area contributed by atoms with Gasteiger partial charge in [-0.15, -0.1) is 24.0 Å². The van der Waals surface area contributed by atoms with Crippen LogP contribution in [0.5, 0.6) is 11.5 Å². The number of hydrogen-bond acceptors (Lipinski definition) is 4. The minimum absolute atomic E-state index is 0. The van der Waals surface area contributed by atoms with Gasteiger partial charge < -0.3 is 24.4 Å². The highest BCUT2D eigenvalue weighted by Gasteiger charge is 2.21. The molecule has 6 nitrogen and oxygen atoms in total. The molecule has 0 unspecified atom stereocenters. The molecule has 1 N–H and O–H groups in total. The Morgan fingerprint density at radius 2 is 1.88 bits per heavy atom. The minimum atomic E-state index is 0. The van der Waals surface area contributed by atoms with Gasteiger partial charge in [0.15, 0.2) is 17.5 Å². The van der Waals surface area contributed by atoms with Gasteiger partial charge in [-0.25, -0.2) is 0 Å². The van der Waals surface area contributed by atoms with E-state index in [-0.39, 0.29) is 24.0 Å². The van der Waals surface area contributed by atoms with Crippen molar-refractivity contribution in [3.63, 3.8) is 0 Å². The maximum Gasteiger partial charge on any atom is 0.194 e. The molecule has 1 aromatic carbocycles. The Bertz CT molecular complexity index is 552. The van der Waals surface area contributed by atoms with Gasteiger partial charge >= 0.3 is 0 Å². The van der Waals surface area contributed by atoms with Crippen LogP contribution in [0.1, 0.15) is 18.1 Å². The summed E-state index contributed by atoms with van der Waals surface area (Å²) in [6.45, 7) is 5.92. The molecule has 136 valence electrons. The van der Waals surface area contributed by atoms with Gasteiger partial charge in [0.1, 0.15) is 0 Å². The van der Waals surface area contributed by atoms with Crippen LogP contribution in [0.2, 0.25) is 0 Å². The van der Waals surface area contributed by atoms with Crippen molar-refractivity contribution >= 4 is 29.9 Å². The lowest BCUT2D eigenvalue weighted by molar-refractivity contribution is 0.151. The van der Waals surface area contributed by atoms with E-state index in [4.69, 9.17) is 14.2 Å². The molecule has 2 rings (SSSR count). The molecule has 1 aromatic rings. The van der Waals surface area contributed by atoms with E-state index in [2.05, 4.69) is 27.3 Å². The number of rotatable bonds is 6. The third-order valence-corrected chi connectivity index (χ3v) is 3.96. The topological polar surface area (TPSA) is 55.3 Å². The second-order valence-corrected chi connectivity index (χ2v) is 5.32. The molecule has 1 aliphatic rings. The summed E-state index contributed by atoms with van der Waals surface area (Å²) in [5.74, 6) is 2.47. The molecule has 1 aliphatic heterocycles. The number of aliphatic imine (C=N–C) groups is 1. The minimum Gasteiger partial charge on any atom is -0.493 e. The fourth-order valence-corrected chi connectivity index (χ4v) is 2.78. The van der Waals surface area contributed by atoms with Crippen LogP contribution in [0.4, 0.5) is 0 Å². The SMILES string of the molecule is CCOCCNC(=NC)N1CCc2cc(OC)c(OC)cc2C1.I. The Morgan fingerprint density at radius 3 is 2.46 bits per heavy atom. The van der Waals surface area contributed by atoms with Gasteiger partial charge in [-0.2, -0.15) is 0 Å². The summed E-state index contributed by atoms with van der Waals surface area (Å²) in [6, 6.07) is 4.14. The molecule has 0 radical (unpaired) electrons. The summed E-state index contributed by atoms with van der Waals surface area (Å²) < 4.78 is 16.2. The van der Waals surface area contributed by atoms with Crippen molar-refractivity contribution in [1.82, 2.24) is 10.2 Å². The third-order valence-electron chi connectivity index (χ3n) is 3.96. The molecule has 1 heterocycles. The van der Waals surface area contributed by atoms with Crippen LogP contribution in [-0.4, -0.2) is 58.4 Å². The van der Waals surface area contributed by atoms with Crippen LogP contribution in [0.3, 0.4) is 0 Å². The number of guanidine groups is 1. The highest BCUT2D eigenvalue weighted by molar-refractivity contribution is 14.0. The zero-order valence-electron chi connectivity index (χ0n) is 14.9. The van der Waals surface area contributed by atoms with Gasteiger partial charge in [0.2, 0.25) is 0 Å². The number of halogens is 1. The number of ether oxygens (including phenoxy) is 3. The molecule has 0 spiro atoms. The largest absolute Gasteiger partial charge is 0.493 e. The third kappa shape index (κ3) is 5.14. The number of nitrogens with one attached hydrogen (secondary N) is 1. The second-order valence-electron chi connectivity index (χ2n) is 5.32. The number of hydrogen-bond donors (Lipinski definition) is 1. The van der Waals surface area contributed by atoms with Crippen molar-refractivity contribution in [2.45, 2.75) is 19.9 Å². The van der Waals surface area contributed by atoms with Crippen molar-refractivity contribution in [2.24, 2.45) is 4.99 Å². The first-order chi connectivity index (χ1) is 11.2. The second kappa shape index (κ2) is 10.6. The lowest BCUT2D eigenvalue weighted by atomic mass is 9.99. The molecule has 0 saturated carbocycles. The molecular formula is C17H28IN3O3. The van der Waals surface area contributed by atoms with Crippen LogP contribution in [0.25, 0.3) is 0 Å². The van der Waals surface area contributed by atoms with Crippen molar-refractivity contribution in [2.75, 3.05) is 47.6 Å². The predicted octanol–water partition coefficient (Wildman–Crippen LogP) is 2.29. The van der Waals surface area contributed by atoms with Crippen LogP contribution in [-0.2, 0) is 17.7 Å². The number of methoxy groups -OCH3 is 2. The zero-order chi connectivity index (χ0) is 16.7. The Hall–Kier alpha value is -1.22. The fourth-order valence-electron chi connectivity index (χ4n) is 2.78. The first-order valence-electron chi connectivity index (χ1n) is 8.00.